The van der Waals surface area contributed by atoms with Crippen LogP contribution in [0.4, 0.5) is 5.69 Å². The third-order valence-corrected chi connectivity index (χ3v) is 3.03. The molecule has 0 saturated carbocycles. The van der Waals surface area contributed by atoms with Gasteiger partial charge in [-0.05, 0) is 31.4 Å². The molecule has 14 heavy (non-hydrogen) atoms. The van der Waals surface area contributed by atoms with Crippen molar-refractivity contribution in [2.24, 2.45) is 5.92 Å². The summed E-state index contributed by atoms with van der Waals surface area (Å²) in [5, 5.41) is 3.56. The molecular weight excluding hydrogens is 170 g/mol. The van der Waals surface area contributed by atoms with Crippen molar-refractivity contribution in [1.29, 1.82) is 0 Å². The number of anilines is 1. The second-order valence-electron chi connectivity index (χ2n) is 4.13. The molecule has 0 unspecified atom stereocenters. The molecule has 1 N–H and O–H groups in total. The average Bonchev–Trinajstić information content (AvgIpc) is 2.20. The number of nitrogens with one attached hydrogen (secondary N) is 1. The molecule has 1 rings (SSSR count). The lowest BCUT2D eigenvalue weighted by atomic mass is 10.0. The Hall–Kier alpha value is -0.980. The summed E-state index contributed by atoms with van der Waals surface area (Å²) in [7, 11) is 0. The molecule has 0 fully saturated rings. The fourth-order valence-corrected chi connectivity index (χ4v) is 1.48. The molecule has 1 nitrogen and oxygen atoms in total. The lowest BCUT2D eigenvalue weighted by Gasteiger charge is -2.22. The van der Waals surface area contributed by atoms with Crippen molar-refractivity contribution < 1.29 is 0 Å². The molecule has 0 heterocycles. The highest BCUT2D eigenvalue weighted by atomic mass is 14.9. The molecule has 1 aromatic rings. The number of aryl methyl sites for hydroxylation is 1. The normalized spacial score (nSPS) is 14.9. The van der Waals surface area contributed by atoms with Crippen LogP contribution in [0.5, 0.6) is 0 Å². The van der Waals surface area contributed by atoms with Gasteiger partial charge in [0, 0.05) is 11.7 Å². The maximum Gasteiger partial charge on any atom is 0.0372 e. The van der Waals surface area contributed by atoms with E-state index in [0.29, 0.717) is 6.04 Å². The van der Waals surface area contributed by atoms with Crippen molar-refractivity contribution in [3.63, 3.8) is 0 Å². The number of hydrogen-bond acceptors (Lipinski definition) is 1. The summed E-state index contributed by atoms with van der Waals surface area (Å²) >= 11 is 0. The van der Waals surface area contributed by atoms with E-state index in [-0.39, 0.29) is 0 Å². The Labute approximate surface area is 87.5 Å². The Morgan fingerprint density at radius 3 is 2.43 bits per heavy atom. The molecule has 0 spiro atoms. The number of benzene rings is 1. The van der Waals surface area contributed by atoms with Crippen LogP contribution < -0.4 is 5.32 Å². The van der Waals surface area contributed by atoms with Crippen molar-refractivity contribution in [1.82, 2.24) is 0 Å². The van der Waals surface area contributed by atoms with Crippen LogP contribution in [-0.4, -0.2) is 6.04 Å². The monoisotopic (exact) mass is 191 g/mol. The molecule has 1 aromatic carbocycles. The van der Waals surface area contributed by atoms with Gasteiger partial charge in [-0.1, -0.05) is 38.5 Å². The molecule has 2 atom stereocenters. The lowest BCUT2D eigenvalue weighted by Crippen LogP contribution is -2.23. The van der Waals surface area contributed by atoms with Crippen LogP contribution in [0.2, 0.25) is 0 Å². The summed E-state index contributed by atoms with van der Waals surface area (Å²) in [6.45, 7) is 8.92. The summed E-state index contributed by atoms with van der Waals surface area (Å²) in [4.78, 5) is 0. The summed E-state index contributed by atoms with van der Waals surface area (Å²) < 4.78 is 0. The van der Waals surface area contributed by atoms with Crippen LogP contribution >= 0.6 is 0 Å². The van der Waals surface area contributed by atoms with E-state index >= 15 is 0 Å². The molecular formula is C13H21N. The van der Waals surface area contributed by atoms with Crippen molar-refractivity contribution >= 4 is 5.69 Å². The second-order valence-corrected chi connectivity index (χ2v) is 4.13. The largest absolute Gasteiger partial charge is 0.382 e. The summed E-state index contributed by atoms with van der Waals surface area (Å²) in [6, 6.07) is 8.99. The Kier molecular flexibility index (Phi) is 3.99. The van der Waals surface area contributed by atoms with E-state index in [1.165, 1.54) is 17.7 Å². The number of para-hydroxylation sites is 1. The van der Waals surface area contributed by atoms with Gasteiger partial charge >= 0.3 is 0 Å². The predicted molar refractivity (Wildman–Crippen MR) is 63.7 cm³/mol. The van der Waals surface area contributed by atoms with Crippen LogP contribution in [0.1, 0.15) is 32.8 Å². The lowest BCUT2D eigenvalue weighted by molar-refractivity contribution is 0.494. The van der Waals surface area contributed by atoms with Gasteiger partial charge in [-0.3, -0.25) is 0 Å². The van der Waals surface area contributed by atoms with Gasteiger partial charge in [-0.15, -0.1) is 0 Å². The molecule has 0 amide bonds. The van der Waals surface area contributed by atoms with E-state index in [1.807, 2.05) is 0 Å². The van der Waals surface area contributed by atoms with E-state index in [9.17, 15) is 0 Å². The standard InChI is InChI=1S/C13H21N/c1-5-10(2)12(4)14-13-9-7-6-8-11(13)3/h6-10,12,14H,5H2,1-4H3/t10-,12-/m1/s1. The number of rotatable bonds is 4. The van der Waals surface area contributed by atoms with E-state index < -0.39 is 0 Å². The van der Waals surface area contributed by atoms with Crippen molar-refractivity contribution in [3.8, 4) is 0 Å². The van der Waals surface area contributed by atoms with Crippen molar-refractivity contribution in [3.05, 3.63) is 29.8 Å². The topological polar surface area (TPSA) is 12.0 Å². The zero-order valence-corrected chi connectivity index (χ0v) is 9.67. The fraction of sp³-hybridized carbons (Fsp3) is 0.538. The Bertz CT molecular complexity index is 280. The van der Waals surface area contributed by atoms with Crippen LogP contribution in [0.25, 0.3) is 0 Å². The van der Waals surface area contributed by atoms with Gasteiger partial charge in [0.2, 0.25) is 0 Å². The van der Waals surface area contributed by atoms with Crippen molar-refractivity contribution in [2.75, 3.05) is 5.32 Å². The highest BCUT2D eigenvalue weighted by Crippen LogP contribution is 2.18. The summed E-state index contributed by atoms with van der Waals surface area (Å²) in [5.41, 5.74) is 2.59. The van der Waals surface area contributed by atoms with Crippen LogP contribution in [-0.2, 0) is 0 Å². The Balaban J connectivity index is 2.64. The van der Waals surface area contributed by atoms with E-state index in [0.717, 1.165) is 5.92 Å². The van der Waals surface area contributed by atoms with Gasteiger partial charge in [0.1, 0.15) is 0 Å². The minimum atomic E-state index is 0.543. The van der Waals surface area contributed by atoms with E-state index in [4.69, 9.17) is 0 Å². The third-order valence-electron chi connectivity index (χ3n) is 3.03. The van der Waals surface area contributed by atoms with E-state index in [1.54, 1.807) is 0 Å². The van der Waals surface area contributed by atoms with Gasteiger partial charge < -0.3 is 5.32 Å². The van der Waals surface area contributed by atoms with E-state index in [2.05, 4.69) is 57.3 Å². The van der Waals surface area contributed by atoms with Crippen LogP contribution in [0, 0.1) is 12.8 Å². The molecule has 0 aliphatic carbocycles. The summed E-state index contributed by atoms with van der Waals surface area (Å²) in [6.07, 6.45) is 1.22. The van der Waals surface area contributed by atoms with Gasteiger partial charge in [-0.25, -0.2) is 0 Å². The van der Waals surface area contributed by atoms with Crippen LogP contribution in [0.15, 0.2) is 24.3 Å². The van der Waals surface area contributed by atoms with Gasteiger partial charge in [-0.2, -0.15) is 0 Å². The minimum Gasteiger partial charge on any atom is -0.382 e. The van der Waals surface area contributed by atoms with Gasteiger partial charge in [0.25, 0.3) is 0 Å². The quantitative estimate of drug-likeness (QED) is 0.762. The first kappa shape index (κ1) is 11.1. The smallest absolute Gasteiger partial charge is 0.0372 e. The maximum atomic E-state index is 3.56. The zero-order chi connectivity index (χ0) is 10.6. The first-order chi connectivity index (χ1) is 6.65. The fourth-order valence-electron chi connectivity index (χ4n) is 1.48. The molecule has 0 aliphatic heterocycles. The van der Waals surface area contributed by atoms with Crippen molar-refractivity contribution in [2.45, 2.75) is 40.2 Å². The third kappa shape index (κ3) is 2.76. The highest BCUT2D eigenvalue weighted by Gasteiger charge is 2.09. The van der Waals surface area contributed by atoms with Gasteiger partial charge in [0.15, 0.2) is 0 Å². The first-order valence-electron chi connectivity index (χ1n) is 5.47. The van der Waals surface area contributed by atoms with Crippen LogP contribution in [0.3, 0.4) is 0 Å². The first-order valence-corrected chi connectivity index (χ1v) is 5.47. The molecule has 0 bridgehead atoms. The zero-order valence-electron chi connectivity index (χ0n) is 9.67. The Morgan fingerprint density at radius 2 is 1.86 bits per heavy atom. The molecule has 78 valence electrons. The highest BCUT2D eigenvalue weighted by molar-refractivity contribution is 5.50. The molecule has 0 aromatic heterocycles. The molecule has 0 radical (unpaired) electrons. The molecule has 1 heteroatoms. The maximum absolute atomic E-state index is 3.56. The average molecular weight is 191 g/mol. The molecule has 0 aliphatic rings. The SMILES string of the molecule is CC[C@@H](C)[C@@H](C)Nc1ccccc1C. The second kappa shape index (κ2) is 5.04. The predicted octanol–water partition coefficient (Wildman–Crippen LogP) is 3.84. The van der Waals surface area contributed by atoms with Gasteiger partial charge in [0.05, 0.1) is 0 Å². The number of hydrogen-bond donors (Lipinski definition) is 1. The Morgan fingerprint density at radius 1 is 1.21 bits per heavy atom. The molecule has 0 saturated heterocycles. The minimum absolute atomic E-state index is 0.543. The summed E-state index contributed by atoms with van der Waals surface area (Å²) in [5.74, 6) is 0.717.